The number of nitrogens with zero attached hydrogens (tertiary/aromatic N) is 5. The first-order chi connectivity index (χ1) is 14.5. The zero-order valence-corrected chi connectivity index (χ0v) is 15.5. The summed E-state index contributed by atoms with van der Waals surface area (Å²) in [4.78, 5) is 20.3. The lowest BCUT2D eigenvalue weighted by Gasteiger charge is -2.13. The second-order valence-electron chi connectivity index (χ2n) is 6.24. The quantitative estimate of drug-likeness (QED) is 0.506. The summed E-state index contributed by atoms with van der Waals surface area (Å²) in [5.74, 6) is 0.544. The third-order valence-corrected chi connectivity index (χ3v) is 4.22. The molecule has 0 saturated heterocycles. The second kappa shape index (κ2) is 8.27. The van der Waals surface area contributed by atoms with Gasteiger partial charge in [0.15, 0.2) is 17.2 Å². The summed E-state index contributed by atoms with van der Waals surface area (Å²) in [5.41, 5.74) is 1.19. The van der Waals surface area contributed by atoms with Crippen LogP contribution in [0.3, 0.4) is 0 Å². The van der Waals surface area contributed by atoms with Gasteiger partial charge in [0.1, 0.15) is 23.2 Å². The van der Waals surface area contributed by atoms with E-state index in [0.717, 1.165) is 24.0 Å². The fourth-order valence-corrected chi connectivity index (χ4v) is 2.80. The predicted octanol–water partition coefficient (Wildman–Crippen LogP) is 4.28. The summed E-state index contributed by atoms with van der Waals surface area (Å²) < 4.78 is 44.6. The first-order valence-electron chi connectivity index (χ1n) is 8.94. The minimum atomic E-state index is -4.51. The van der Waals surface area contributed by atoms with Gasteiger partial charge < -0.3 is 10.1 Å². The van der Waals surface area contributed by atoms with Crippen molar-refractivity contribution in [3.8, 4) is 11.5 Å². The SMILES string of the molecule is FC(F)(F)c1ccncc1Oc1ccc(CCNc2ncnc3nccnc23)cc1. The number of pyridine rings is 1. The Morgan fingerprint density at radius 3 is 2.50 bits per heavy atom. The number of benzene rings is 1. The van der Waals surface area contributed by atoms with Gasteiger partial charge >= 0.3 is 6.18 Å². The molecule has 0 spiro atoms. The molecule has 1 aromatic carbocycles. The normalized spacial score (nSPS) is 11.4. The molecule has 10 heteroatoms. The van der Waals surface area contributed by atoms with Gasteiger partial charge in [-0.1, -0.05) is 12.1 Å². The third kappa shape index (κ3) is 4.43. The molecular weight excluding hydrogens is 397 g/mol. The highest BCUT2D eigenvalue weighted by Crippen LogP contribution is 2.37. The molecule has 0 radical (unpaired) electrons. The van der Waals surface area contributed by atoms with E-state index in [0.29, 0.717) is 35.7 Å². The molecule has 4 aromatic rings. The van der Waals surface area contributed by atoms with Gasteiger partial charge in [-0.05, 0) is 30.2 Å². The molecule has 7 nitrogen and oxygen atoms in total. The van der Waals surface area contributed by atoms with Crippen LogP contribution in [0.25, 0.3) is 11.2 Å². The second-order valence-corrected chi connectivity index (χ2v) is 6.24. The van der Waals surface area contributed by atoms with Crippen LogP contribution in [0.1, 0.15) is 11.1 Å². The van der Waals surface area contributed by atoms with E-state index in [-0.39, 0.29) is 5.75 Å². The predicted molar refractivity (Wildman–Crippen MR) is 103 cm³/mol. The molecule has 4 rings (SSSR count). The van der Waals surface area contributed by atoms with Crippen LogP contribution in [0.15, 0.2) is 61.4 Å². The van der Waals surface area contributed by atoms with Crippen LogP contribution in [0.2, 0.25) is 0 Å². The molecule has 0 aliphatic carbocycles. The lowest BCUT2D eigenvalue weighted by molar-refractivity contribution is -0.138. The van der Waals surface area contributed by atoms with Crippen molar-refractivity contribution >= 4 is 17.0 Å². The zero-order chi connectivity index (χ0) is 21.0. The number of hydrogen-bond acceptors (Lipinski definition) is 7. The summed E-state index contributed by atoms with van der Waals surface area (Å²) in [6.07, 6.45) is 2.83. The van der Waals surface area contributed by atoms with E-state index in [1.807, 2.05) is 0 Å². The van der Waals surface area contributed by atoms with Crippen molar-refractivity contribution in [1.29, 1.82) is 0 Å². The average Bonchev–Trinajstić information content (AvgIpc) is 2.75. The van der Waals surface area contributed by atoms with Crippen LogP contribution in [-0.4, -0.2) is 31.5 Å². The average molecular weight is 412 g/mol. The van der Waals surface area contributed by atoms with Gasteiger partial charge in [0.25, 0.3) is 0 Å². The maximum atomic E-state index is 13.1. The van der Waals surface area contributed by atoms with E-state index < -0.39 is 11.7 Å². The topological polar surface area (TPSA) is 85.7 Å². The number of rotatable bonds is 6. The molecule has 0 aliphatic heterocycles. The summed E-state index contributed by atoms with van der Waals surface area (Å²) in [5, 5.41) is 3.20. The van der Waals surface area contributed by atoms with Crippen molar-refractivity contribution in [2.45, 2.75) is 12.6 Å². The fraction of sp³-hybridized carbons (Fsp3) is 0.150. The number of halogens is 3. The van der Waals surface area contributed by atoms with E-state index >= 15 is 0 Å². The van der Waals surface area contributed by atoms with Crippen molar-refractivity contribution < 1.29 is 17.9 Å². The van der Waals surface area contributed by atoms with Crippen molar-refractivity contribution in [3.05, 3.63) is 72.6 Å². The Morgan fingerprint density at radius 1 is 0.900 bits per heavy atom. The fourth-order valence-electron chi connectivity index (χ4n) is 2.80. The van der Waals surface area contributed by atoms with Crippen molar-refractivity contribution in [1.82, 2.24) is 24.9 Å². The van der Waals surface area contributed by atoms with Gasteiger partial charge in [-0.25, -0.2) is 19.9 Å². The van der Waals surface area contributed by atoms with E-state index in [1.165, 1.54) is 6.33 Å². The number of hydrogen-bond donors (Lipinski definition) is 1. The molecule has 0 saturated carbocycles. The first-order valence-corrected chi connectivity index (χ1v) is 8.94. The largest absolute Gasteiger partial charge is 0.455 e. The summed E-state index contributed by atoms with van der Waals surface area (Å²) in [6.45, 7) is 0.573. The number of ether oxygens (including phenoxy) is 1. The van der Waals surface area contributed by atoms with Crippen LogP contribution in [0, 0.1) is 0 Å². The molecule has 3 aromatic heterocycles. The van der Waals surface area contributed by atoms with Crippen molar-refractivity contribution in [2.24, 2.45) is 0 Å². The van der Waals surface area contributed by atoms with Crippen LogP contribution in [-0.2, 0) is 12.6 Å². The van der Waals surface area contributed by atoms with E-state index in [2.05, 4.69) is 30.2 Å². The number of anilines is 1. The highest BCUT2D eigenvalue weighted by molar-refractivity contribution is 5.81. The summed E-state index contributed by atoms with van der Waals surface area (Å²) >= 11 is 0. The van der Waals surface area contributed by atoms with Gasteiger partial charge in [-0.3, -0.25) is 4.98 Å². The minimum Gasteiger partial charge on any atom is -0.455 e. The van der Waals surface area contributed by atoms with E-state index in [4.69, 9.17) is 4.74 Å². The van der Waals surface area contributed by atoms with Gasteiger partial charge in [0, 0.05) is 25.1 Å². The Labute approximate surface area is 169 Å². The minimum absolute atomic E-state index is 0.294. The van der Waals surface area contributed by atoms with Crippen LogP contribution >= 0.6 is 0 Å². The Morgan fingerprint density at radius 2 is 1.70 bits per heavy atom. The lowest BCUT2D eigenvalue weighted by atomic mass is 10.1. The first kappa shape index (κ1) is 19.5. The van der Waals surface area contributed by atoms with Gasteiger partial charge in [-0.15, -0.1) is 0 Å². The van der Waals surface area contributed by atoms with Crippen LogP contribution in [0.4, 0.5) is 19.0 Å². The van der Waals surface area contributed by atoms with Gasteiger partial charge in [0.05, 0.1) is 6.20 Å². The Kier molecular flexibility index (Phi) is 5.38. The molecule has 1 N–H and O–H groups in total. The van der Waals surface area contributed by atoms with Gasteiger partial charge in [-0.2, -0.15) is 13.2 Å². The maximum absolute atomic E-state index is 13.1. The Bertz CT molecular complexity index is 1150. The summed E-state index contributed by atoms with van der Waals surface area (Å²) in [7, 11) is 0. The van der Waals surface area contributed by atoms with Crippen LogP contribution in [0.5, 0.6) is 11.5 Å². The monoisotopic (exact) mass is 412 g/mol. The standard InChI is InChI=1S/C20H15F3N6O/c21-20(22,23)15-6-7-24-11-16(15)30-14-3-1-13(2-4-14)5-8-26-18-17-19(29-12-28-18)27-10-9-25-17/h1-4,6-7,9-12H,5,8H2,(H,26,27,28,29). The number of nitrogens with one attached hydrogen (secondary N) is 1. The Balaban J connectivity index is 1.39. The highest BCUT2D eigenvalue weighted by atomic mass is 19.4. The summed E-state index contributed by atoms with van der Waals surface area (Å²) in [6, 6.07) is 7.70. The van der Waals surface area contributed by atoms with Gasteiger partial charge in [0.2, 0.25) is 0 Å². The highest BCUT2D eigenvalue weighted by Gasteiger charge is 2.34. The molecule has 3 heterocycles. The lowest BCUT2D eigenvalue weighted by Crippen LogP contribution is -2.08. The van der Waals surface area contributed by atoms with E-state index in [9.17, 15) is 13.2 Å². The molecule has 0 atom stereocenters. The number of fused-ring (bicyclic) bond motifs is 1. The number of alkyl halides is 3. The Hall–Kier alpha value is -3.82. The number of aromatic nitrogens is 5. The molecule has 0 bridgehead atoms. The molecule has 0 aliphatic rings. The molecule has 0 amide bonds. The van der Waals surface area contributed by atoms with Crippen molar-refractivity contribution in [3.63, 3.8) is 0 Å². The molecule has 0 unspecified atom stereocenters. The van der Waals surface area contributed by atoms with Crippen LogP contribution < -0.4 is 10.1 Å². The van der Waals surface area contributed by atoms with E-state index in [1.54, 1.807) is 36.7 Å². The zero-order valence-electron chi connectivity index (χ0n) is 15.5. The molecular formula is C20H15F3N6O. The third-order valence-electron chi connectivity index (χ3n) is 4.22. The van der Waals surface area contributed by atoms with Crippen molar-refractivity contribution in [2.75, 3.05) is 11.9 Å². The molecule has 152 valence electrons. The molecule has 30 heavy (non-hydrogen) atoms. The smallest absolute Gasteiger partial charge is 0.420 e. The maximum Gasteiger partial charge on any atom is 0.420 e. The molecule has 0 fully saturated rings.